The Morgan fingerprint density at radius 1 is 1.53 bits per heavy atom. The molecule has 1 amide bonds. The first kappa shape index (κ1) is 11.7. The fourth-order valence-electron chi connectivity index (χ4n) is 1.69. The second-order valence-corrected chi connectivity index (χ2v) is 4.13. The number of Topliss-reactive ketones (excluding diaryl/α,β-unsaturated/α-hetero) is 1. The molecule has 0 bridgehead atoms. The van der Waals surface area contributed by atoms with Crippen LogP contribution in [0.5, 0.6) is 0 Å². The zero-order valence-electron chi connectivity index (χ0n) is 9.30. The van der Waals surface area contributed by atoms with Crippen molar-refractivity contribution in [3.63, 3.8) is 0 Å². The number of amides is 1. The fraction of sp³-hybridized carbons (Fsp3) is 0.250. The highest BCUT2D eigenvalue weighted by Crippen LogP contribution is 2.19. The smallest absolute Gasteiger partial charge is 0.262 e. The molecular formula is C12H11NO3S. The zero-order chi connectivity index (χ0) is 12.4. The summed E-state index contributed by atoms with van der Waals surface area (Å²) in [6.07, 6.45) is 4.64. The zero-order valence-corrected chi connectivity index (χ0v) is 10.1. The summed E-state index contributed by atoms with van der Waals surface area (Å²) in [7, 11) is 0. The number of carbonyl (C=O) groups is 2. The van der Waals surface area contributed by atoms with Crippen LogP contribution in [-0.4, -0.2) is 28.1 Å². The minimum Gasteiger partial charge on any atom is -0.472 e. The molecule has 0 radical (unpaired) electrons. The molecule has 0 atom stereocenters. The van der Waals surface area contributed by atoms with E-state index in [0.29, 0.717) is 17.1 Å². The van der Waals surface area contributed by atoms with Gasteiger partial charge in [0.25, 0.3) is 5.91 Å². The topological polar surface area (TPSA) is 50.5 Å². The SMILES string of the molecule is CCN1C(=O)/C(=C/c2ccoc2)C(=O)CC1=S. The number of piperidine rings is 1. The van der Waals surface area contributed by atoms with E-state index in [1.807, 2.05) is 6.92 Å². The van der Waals surface area contributed by atoms with Gasteiger partial charge in [-0.3, -0.25) is 9.59 Å². The number of carbonyl (C=O) groups excluding carboxylic acids is 2. The van der Waals surface area contributed by atoms with Crippen LogP contribution in [-0.2, 0) is 9.59 Å². The molecule has 1 fully saturated rings. The summed E-state index contributed by atoms with van der Waals surface area (Å²) in [5.74, 6) is -0.555. The molecule has 5 heteroatoms. The van der Waals surface area contributed by atoms with Crippen molar-refractivity contribution in [1.82, 2.24) is 4.90 Å². The van der Waals surface area contributed by atoms with Crippen LogP contribution in [0, 0.1) is 0 Å². The first-order valence-corrected chi connectivity index (χ1v) is 5.66. The highest BCUT2D eigenvalue weighted by atomic mass is 32.1. The van der Waals surface area contributed by atoms with Gasteiger partial charge in [0.2, 0.25) is 0 Å². The lowest BCUT2D eigenvalue weighted by Gasteiger charge is -2.26. The maximum Gasteiger partial charge on any atom is 0.262 e. The van der Waals surface area contributed by atoms with Crippen molar-refractivity contribution >= 4 is 35.0 Å². The monoisotopic (exact) mass is 249 g/mol. The van der Waals surface area contributed by atoms with E-state index < -0.39 is 0 Å². The number of nitrogens with zero attached hydrogens (tertiary/aromatic N) is 1. The van der Waals surface area contributed by atoms with Crippen molar-refractivity contribution in [3.05, 3.63) is 29.7 Å². The molecule has 1 aromatic heterocycles. The van der Waals surface area contributed by atoms with Gasteiger partial charge in [-0.25, -0.2) is 0 Å². The van der Waals surface area contributed by atoms with Crippen LogP contribution in [0.4, 0.5) is 0 Å². The number of hydrogen-bond acceptors (Lipinski definition) is 4. The first-order chi connectivity index (χ1) is 8.13. The summed E-state index contributed by atoms with van der Waals surface area (Å²) < 4.78 is 4.89. The van der Waals surface area contributed by atoms with E-state index in [-0.39, 0.29) is 23.7 Å². The van der Waals surface area contributed by atoms with E-state index in [1.165, 1.54) is 17.4 Å². The average molecular weight is 249 g/mol. The predicted molar refractivity (Wildman–Crippen MR) is 66.3 cm³/mol. The van der Waals surface area contributed by atoms with E-state index in [4.69, 9.17) is 16.6 Å². The molecule has 0 saturated carbocycles. The Kier molecular flexibility index (Phi) is 3.19. The number of likely N-dealkylation sites (N-methyl/N-ethyl adjacent to an activating group) is 1. The predicted octanol–water partition coefficient (Wildman–Crippen LogP) is 1.81. The number of hydrogen-bond donors (Lipinski definition) is 0. The van der Waals surface area contributed by atoms with Crippen molar-refractivity contribution < 1.29 is 14.0 Å². The quantitative estimate of drug-likeness (QED) is 0.455. The van der Waals surface area contributed by atoms with Gasteiger partial charge in [-0.2, -0.15) is 0 Å². The molecule has 88 valence electrons. The maximum atomic E-state index is 12.0. The lowest BCUT2D eigenvalue weighted by Crippen LogP contribution is -2.44. The van der Waals surface area contributed by atoms with Crippen LogP contribution < -0.4 is 0 Å². The molecular weight excluding hydrogens is 238 g/mol. The minimum atomic E-state index is -0.324. The van der Waals surface area contributed by atoms with Crippen LogP contribution in [0.1, 0.15) is 18.9 Å². The summed E-state index contributed by atoms with van der Waals surface area (Å²) in [5, 5.41) is 0. The second-order valence-electron chi connectivity index (χ2n) is 3.66. The Balaban J connectivity index is 2.36. The van der Waals surface area contributed by atoms with Gasteiger partial charge in [-0.05, 0) is 19.1 Å². The van der Waals surface area contributed by atoms with Crippen molar-refractivity contribution in [2.75, 3.05) is 6.54 Å². The van der Waals surface area contributed by atoms with Crippen LogP contribution in [0.25, 0.3) is 6.08 Å². The third-order valence-corrected chi connectivity index (χ3v) is 2.92. The van der Waals surface area contributed by atoms with Gasteiger partial charge in [0.1, 0.15) is 0 Å². The van der Waals surface area contributed by atoms with E-state index >= 15 is 0 Å². The average Bonchev–Trinajstić information content (AvgIpc) is 2.77. The van der Waals surface area contributed by atoms with Crippen LogP contribution in [0.15, 0.2) is 28.6 Å². The third kappa shape index (κ3) is 2.19. The minimum absolute atomic E-state index is 0.124. The number of furan rings is 1. The van der Waals surface area contributed by atoms with E-state index in [9.17, 15) is 9.59 Å². The molecule has 0 N–H and O–H groups in total. The lowest BCUT2D eigenvalue weighted by molar-refractivity contribution is -0.127. The Bertz CT molecular complexity index is 502. The third-order valence-electron chi connectivity index (χ3n) is 2.56. The Labute approximate surface area is 104 Å². The molecule has 17 heavy (non-hydrogen) atoms. The molecule has 1 saturated heterocycles. The number of thiocarbonyl (C=S) groups is 1. The van der Waals surface area contributed by atoms with Crippen molar-refractivity contribution in [3.8, 4) is 0 Å². The van der Waals surface area contributed by atoms with E-state index in [2.05, 4.69) is 0 Å². The van der Waals surface area contributed by atoms with Gasteiger partial charge < -0.3 is 9.32 Å². The molecule has 1 aliphatic heterocycles. The van der Waals surface area contributed by atoms with Gasteiger partial charge in [0.05, 0.1) is 29.5 Å². The van der Waals surface area contributed by atoms with Crippen LogP contribution in [0.2, 0.25) is 0 Å². The largest absolute Gasteiger partial charge is 0.472 e. The number of rotatable bonds is 2. The molecule has 0 aromatic carbocycles. The van der Waals surface area contributed by atoms with Crippen LogP contribution in [0.3, 0.4) is 0 Å². The van der Waals surface area contributed by atoms with Gasteiger partial charge >= 0.3 is 0 Å². The van der Waals surface area contributed by atoms with E-state index in [0.717, 1.165) is 0 Å². The van der Waals surface area contributed by atoms with Gasteiger partial charge in [-0.15, -0.1) is 0 Å². The van der Waals surface area contributed by atoms with Crippen molar-refractivity contribution in [2.24, 2.45) is 0 Å². The van der Waals surface area contributed by atoms with Gasteiger partial charge in [0.15, 0.2) is 5.78 Å². The van der Waals surface area contributed by atoms with E-state index in [1.54, 1.807) is 12.1 Å². The fourth-order valence-corrected chi connectivity index (χ4v) is 2.04. The van der Waals surface area contributed by atoms with Crippen LogP contribution >= 0.6 is 12.2 Å². The molecule has 2 rings (SSSR count). The molecule has 1 aliphatic rings. The Morgan fingerprint density at radius 2 is 2.29 bits per heavy atom. The summed E-state index contributed by atoms with van der Waals surface area (Å²) >= 11 is 5.02. The van der Waals surface area contributed by atoms with Crippen molar-refractivity contribution in [1.29, 1.82) is 0 Å². The molecule has 1 aromatic rings. The normalized spacial score (nSPS) is 19.2. The molecule has 2 heterocycles. The van der Waals surface area contributed by atoms with Crippen molar-refractivity contribution in [2.45, 2.75) is 13.3 Å². The highest BCUT2D eigenvalue weighted by Gasteiger charge is 2.32. The standard InChI is InChI=1S/C12H11NO3S/c1-2-13-11(17)6-10(14)9(12(13)15)5-8-3-4-16-7-8/h3-5,7H,2,6H2,1H3/b9-5+. The second kappa shape index (κ2) is 4.63. The van der Waals surface area contributed by atoms with Gasteiger partial charge in [-0.1, -0.05) is 12.2 Å². The Hall–Kier alpha value is -1.75. The molecule has 0 unspecified atom stereocenters. The summed E-state index contributed by atoms with van der Waals surface area (Å²) in [6, 6.07) is 1.69. The Morgan fingerprint density at radius 3 is 2.88 bits per heavy atom. The summed E-state index contributed by atoms with van der Waals surface area (Å²) in [5.41, 5.74) is 0.868. The molecule has 0 spiro atoms. The molecule has 0 aliphatic carbocycles. The maximum absolute atomic E-state index is 12.0. The highest BCUT2D eigenvalue weighted by molar-refractivity contribution is 7.80. The summed E-state index contributed by atoms with van der Waals surface area (Å²) in [4.78, 5) is 25.6. The first-order valence-electron chi connectivity index (χ1n) is 5.25. The number of likely N-dealkylation sites (tertiary alicyclic amines) is 1. The lowest BCUT2D eigenvalue weighted by atomic mass is 10.0. The molecule has 4 nitrogen and oxygen atoms in total. The van der Waals surface area contributed by atoms with Gasteiger partial charge in [0, 0.05) is 12.1 Å². The number of ketones is 1. The summed E-state index contributed by atoms with van der Waals surface area (Å²) in [6.45, 7) is 2.31.